The summed E-state index contributed by atoms with van der Waals surface area (Å²) in [5.41, 5.74) is 0. The molecule has 1 heterocycles. The third-order valence-corrected chi connectivity index (χ3v) is 3.32. The van der Waals surface area contributed by atoms with E-state index < -0.39 is 0 Å². The van der Waals surface area contributed by atoms with Gasteiger partial charge in [-0.2, -0.15) is 0 Å². The fourth-order valence-electron chi connectivity index (χ4n) is 2.18. The van der Waals surface area contributed by atoms with E-state index in [-0.39, 0.29) is 0 Å². The maximum absolute atomic E-state index is 5.38. The van der Waals surface area contributed by atoms with E-state index in [1.165, 1.54) is 32.1 Å². The van der Waals surface area contributed by atoms with Gasteiger partial charge in [-0.15, -0.1) is 0 Å². The molecule has 1 aliphatic carbocycles. The number of hydrogen-bond donors (Lipinski definition) is 1. The van der Waals surface area contributed by atoms with Gasteiger partial charge in [-0.25, -0.2) is 0 Å². The molecule has 0 radical (unpaired) electrons. The summed E-state index contributed by atoms with van der Waals surface area (Å²) in [6.45, 7) is 3.38. The quantitative estimate of drug-likeness (QED) is 0.728. The van der Waals surface area contributed by atoms with Gasteiger partial charge in [-0.05, 0) is 43.9 Å². The molecule has 0 amide bonds. The Hall–Kier alpha value is -0.760. The van der Waals surface area contributed by atoms with E-state index >= 15 is 0 Å². The highest BCUT2D eigenvalue weighted by Gasteiger charge is 2.25. The van der Waals surface area contributed by atoms with Crippen molar-refractivity contribution in [1.82, 2.24) is 5.32 Å². The van der Waals surface area contributed by atoms with Crippen molar-refractivity contribution in [2.75, 3.05) is 6.54 Å². The van der Waals surface area contributed by atoms with E-state index in [1.807, 2.05) is 6.07 Å². The van der Waals surface area contributed by atoms with Crippen molar-refractivity contribution >= 4 is 0 Å². The first-order valence-electron chi connectivity index (χ1n) is 6.64. The third-order valence-electron chi connectivity index (χ3n) is 3.32. The van der Waals surface area contributed by atoms with Crippen molar-refractivity contribution in [3.05, 3.63) is 24.2 Å². The molecule has 2 rings (SSSR count). The van der Waals surface area contributed by atoms with Crippen molar-refractivity contribution < 1.29 is 4.42 Å². The van der Waals surface area contributed by atoms with Crippen LogP contribution in [0.25, 0.3) is 0 Å². The highest BCUT2D eigenvalue weighted by molar-refractivity contribution is 4.98. The van der Waals surface area contributed by atoms with Crippen LogP contribution < -0.4 is 5.32 Å². The molecule has 1 aromatic heterocycles. The zero-order valence-corrected chi connectivity index (χ0v) is 10.2. The predicted molar refractivity (Wildman–Crippen MR) is 66.5 cm³/mol. The third kappa shape index (κ3) is 4.01. The van der Waals surface area contributed by atoms with Gasteiger partial charge in [0.15, 0.2) is 0 Å². The molecule has 2 heteroatoms. The monoisotopic (exact) mass is 221 g/mol. The van der Waals surface area contributed by atoms with Gasteiger partial charge in [0, 0.05) is 12.5 Å². The Bertz CT molecular complexity index is 277. The zero-order chi connectivity index (χ0) is 11.2. The lowest BCUT2D eigenvalue weighted by Crippen LogP contribution is -2.30. The molecule has 1 unspecified atom stereocenters. The van der Waals surface area contributed by atoms with E-state index in [0.717, 1.165) is 24.6 Å². The first kappa shape index (κ1) is 11.7. The van der Waals surface area contributed by atoms with Gasteiger partial charge in [0.1, 0.15) is 5.76 Å². The summed E-state index contributed by atoms with van der Waals surface area (Å²) in [4.78, 5) is 0. The Kier molecular flexibility index (Phi) is 4.46. The van der Waals surface area contributed by atoms with Crippen molar-refractivity contribution in [2.45, 2.75) is 51.5 Å². The van der Waals surface area contributed by atoms with Crippen LogP contribution in [0, 0.1) is 5.92 Å². The van der Waals surface area contributed by atoms with Crippen LogP contribution in [0.3, 0.4) is 0 Å². The Morgan fingerprint density at radius 1 is 1.50 bits per heavy atom. The van der Waals surface area contributed by atoms with Gasteiger partial charge in [0.2, 0.25) is 0 Å². The first-order valence-corrected chi connectivity index (χ1v) is 6.64. The molecule has 0 aliphatic heterocycles. The Balaban J connectivity index is 1.71. The number of hydrogen-bond acceptors (Lipinski definition) is 2. The van der Waals surface area contributed by atoms with Gasteiger partial charge in [0.05, 0.1) is 6.26 Å². The number of furan rings is 1. The smallest absolute Gasteiger partial charge is 0.103 e. The molecule has 1 N–H and O–H groups in total. The predicted octanol–water partition coefficient (Wildman–Crippen LogP) is 3.38. The molecular weight excluding hydrogens is 198 g/mol. The summed E-state index contributed by atoms with van der Waals surface area (Å²) in [7, 11) is 0. The maximum Gasteiger partial charge on any atom is 0.103 e. The molecular formula is C14H23NO. The van der Waals surface area contributed by atoms with Crippen LogP contribution in [0.15, 0.2) is 22.8 Å². The minimum Gasteiger partial charge on any atom is -0.469 e. The van der Waals surface area contributed by atoms with E-state index in [4.69, 9.17) is 4.42 Å². The van der Waals surface area contributed by atoms with Crippen LogP contribution in [0.4, 0.5) is 0 Å². The maximum atomic E-state index is 5.38. The molecule has 1 fully saturated rings. The van der Waals surface area contributed by atoms with Crippen molar-refractivity contribution in [3.63, 3.8) is 0 Å². The average molecular weight is 221 g/mol. The molecule has 0 saturated heterocycles. The SMILES string of the molecule is CCCNC(CCc1ccco1)CC1CC1. The van der Waals surface area contributed by atoms with Crippen molar-refractivity contribution in [2.24, 2.45) is 5.92 Å². The minimum atomic E-state index is 0.692. The summed E-state index contributed by atoms with van der Waals surface area (Å²) in [6, 6.07) is 4.75. The van der Waals surface area contributed by atoms with Gasteiger partial charge in [-0.3, -0.25) is 0 Å². The number of aryl methyl sites for hydroxylation is 1. The molecule has 0 aromatic carbocycles. The van der Waals surface area contributed by atoms with Gasteiger partial charge in [-0.1, -0.05) is 19.8 Å². The van der Waals surface area contributed by atoms with Crippen molar-refractivity contribution in [1.29, 1.82) is 0 Å². The molecule has 16 heavy (non-hydrogen) atoms. The highest BCUT2D eigenvalue weighted by atomic mass is 16.3. The fraction of sp³-hybridized carbons (Fsp3) is 0.714. The molecule has 0 spiro atoms. The summed E-state index contributed by atoms with van der Waals surface area (Å²) < 4.78 is 5.38. The zero-order valence-electron chi connectivity index (χ0n) is 10.2. The summed E-state index contributed by atoms with van der Waals surface area (Å²) in [6.07, 6.45) is 9.54. The van der Waals surface area contributed by atoms with E-state index in [1.54, 1.807) is 6.26 Å². The van der Waals surface area contributed by atoms with Gasteiger partial charge >= 0.3 is 0 Å². The standard InChI is InChI=1S/C14H23NO/c1-2-9-15-13(11-12-5-6-12)7-8-14-4-3-10-16-14/h3-4,10,12-13,15H,2,5-9,11H2,1H3. The van der Waals surface area contributed by atoms with Gasteiger partial charge in [0.25, 0.3) is 0 Å². The van der Waals surface area contributed by atoms with E-state index in [9.17, 15) is 0 Å². The van der Waals surface area contributed by atoms with Crippen LogP contribution in [0.2, 0.25) is 0 Å². The van der Waals surface area contributed by atoms with Crippen LogP contribution >= 0.6 is 0 Å². The van der Waals surface area contributed by atoms with E-state index in [0.29, 0.717) is 6.04 Å². The summed E-state index contributed by atoms with van der Waals surface area (Å²) in [5.74, 6) is 2.13. The summed E-state index contributed by atoms with van der Waals surface area (Å²) >= 11 is 0. The lowest BCUT2D eigenvalue weighted by Gasteiger charge is -2.17. The normalized spacial score (nSPS) is 17.6. The second-order valence-electron chi connectivity index (χ2n) is 4.95. The largest absolute Gasteiger partial charge is 0.469 e. The van der Waals surface area contributed by atoms with Gasteiger partial charge < -0.3 is 9.73 Å². The number of nitrogens with one attached hydrogen (secondary N) is 1. The van der Waals surface area contributed by atoms with Crippen molar-refractivity contribution in [3.8, 4) is 0 Å². The van der Waals surface area contributed by atoms with Crippen LogP contribution in [-0.2, 0) is 6.42 Å². The van der Waals surface area contributed by atoms with Crippen LogP contribution in [-0.4, -0.2) is 12.6 Å². The average Bonchev–Trinajstić information content (AvgIpc) is 2.95. The lowest BCUT2D eigenvalue weighted by molar-refractivity contribution is 0.411. The number of rotatable bonds is 8. The summed E-state index contributed by atoms with van der Waals surface area (Å²) in [5, 5.41) is 3.66. The Morgan fingerprint density at radius 2 is 2.38 bits per heavy atom. The molecule has 90 valence electrons. The first-order chi connectivity index (χ1) is 7.88. The molecule has 2 nitrogen and oxygen atoms in total. The topological polar surface area (TPSA) is 25.2 Å². The molecule has 1 atom stereocenters. The van der Waals surface area contributed by atoms with Crippen LogP contribution in [0.5, 0.6) is 0 Å². The Morgan fingerprint density at radius 3 is 3.00 bits per heavy atom. The fourth-order valence-corrected chi connectivity index (χ4v) is 2.18. The molecule has 1 saturated carbocycles. The van der Waals surface area contributed by atoms with Crippen LogP contribution in [0.1, 0.15) is 44.8 Å². The Labute approximate surface area is 98.4 Å². The molecule has 0 bridgehead atoms. The second kappa shape index (κ2) is 6.09. The minimum absolute atomic E-state index is 0.692. The second-order valence-corrected chi connectivity index (χ2v) is 4.95. The highest BCUT2D eigenvalue weighted by Crippen LogP contribution is 2.34. The molecule has 1 aromatic rings. The molecule has 1 aliphatic rings. The lowest BCUT2D eigenvalue weighted by atomic mass is 10.0. The van der Waals surface area contributed by atoms with E-state index in [2.05, 4.69) is 18.3 Å².